The number of nitrogens with one attached hydrogen (secondary N) is 1. The van der Waals surface area contributed by atoms with E-state index >= 15 is 0 Å². The molecular weight excluding hydrogens is 252 g/mol. The van der Waals surface area contributed by atoms with Crippen LogP contribution in [-0.4, -0.2) is 42.8 Å². The van der Waals surface area contributed by atoms with Crippen LogP contribution in [0.3, 0.4) is 0 Å². The maximum absolute atomic E-state index is 12.3. The molecule has 0 spiro atoms. The average molecular weight is 270 g/mol. The van der Waals surface area contributed by atoms with Crippen molar-refractivity contribution in [2.45, 2.75) is 36.6 Å². The lowest BCUT2D eigenvalue weighted by atomic mass is 10.3. The van der Waals surface area contributed by atoms with Gasteiger partial charge in [0, 0.05) is 20.1 Å². The summed E-state index contributed by atoms with van der Waals surface area (Å²) in [7, 11) is -0.142. The van der Waals surface area contributed by atoms with Gasteiger partial charge in [0.15, 0.2) is 0 Å². The van der Waals surface area contributed by atoms with Crippen LogP contribution in [0, 0.1) is 0 Å². The predicted octanol–water partition coefficient (Wildman–Crippen LogP) is 1.08. The van der Waals surface area contributed by atoms with E-state index in [1.54, 1.807) is 14.1 Å². The van der Waals surface area contributed by atoms with E-state index in [9.17, 15) is 8.42 Å². The second-order valence-corrected chi connectivity index (χ2v) is 6.45. The fraction of sp³-hybridized carbons (Fsp3) is 0.636. The molecule has 0 saturated heterocycles. The summed E-state index contributed by atoms with van der Waals surface area (Å²) in [5.74, 6) is 0.414. The zero-order valence-corrected chi connectivity index (χ0v) is 11.4. The Balaban J connectivity index is 2.23. The monoisotopic (exact) mass is 270 g/mol. The van der Waals surface area contributed by atoms with E-state index < -0.39 is 10.0 Å². The van der Waals surface area contributed by atoms with Crippen LogP contribution >= 0.6 is 0 Å². The van der Waals surface area contributed by atoms with Crippen molar-refractivity contribution in [3.8, 4) is 0 Å². The van der Waals surface area contributed by atoms with Gasteiger partial charge in [-0.3, -0.25) is 0 Å². The Morgan fingerprint density at radius 1 is 1.28 bits per heavy atom. The van der Waals surface area contributed by atoms with Crippen molar-refractivity contribution in [2.24, 2.45) is 0 Å². The highest BCUT2D eigenvalue weighted by atomic mass is 32.2. The first-order valence-electron chi connectivity index (χ1n) is 6.03. The molecular formula is C11H18N4O2S. The molecule has 1 aliphatic rings. The average Bonchev–Trinajstić information content (AvgIpc) is 2.91. The van der Waals surface area contributed by atoms with Crippen LogP contribution in [0.25, 0.3) is 0 Å². The van der Waals surface area contributed by atoms with Crippen LogP contribution in [0.2, 0.25) is 0 Å². The topological polar surface area (TPSA) is 75.2 Å². The second kappa shape index (κ2) is 5.19. The SMILES string of the molecule is CNc1ncc(S(=O)(=O)N(C)C2CCCC2)cn1. The van der Waals surface area contributed by atoms with Crippen LogP contribution in [0.5, 0.6) is 0 Å². The van der Waals surface area contributed by atoms with Crippen LogP contribution in [0.1, 0.15) is 25.7 Å². The number of sulfonamides is 1. The molecule has 0 aromatic carbocycles. The lowest BCUT2D eigenvalue weighted by Crippen LogP contribution is -2.35. The highest BCUT2D eigenvalue weighted by Crippen LogP contribution is 2.26. The minimum absolute atomic E-state index is 0.110. The molecule has 7 heteroatoms. The molecule has 0 unspecified atom stereocenters. The van der Waals surface area contributed by atoms with Crippen molar-refractivity contribution in [2.75, 3.05) is 19.4 Å². The molecule has 1 aliphatic carbocycles. The van der Waals surface area contributed by atoms with Gasteiger partial charge < -0.3 is 5.32 Å². The van der Waals surface area contributed by atoms with Crippen LogP contribution in [0.4, 0.5) is 5.95 Å². The van der Waals surface area contributed by atoms with Crippen molar-refractivity contribution in [3.05, 3.63) is 12.4 Å². The molecule has 1 aromatic heterocycles. The van der Waals surface area contributed by atoms with Gasteiger partial charge in [0.25, 0.3) is 0 Å². The van der Waals surface area contributed by atoms with Crippen molar-refractivity contribution in [3.63, 3.8) is 0 Å². The molecule has 0 atom stereocenters. The van der Waals surface area contributed by atoms with Gasteiger partial charge in [-0.15, -0.1) is 0 Å². The normalized spacial score (nSPS) is 17.3. The number of hydrogen-bond donors (Lipinski definition) is 1. The molecule has 1 fully saturated rings. The lowest BCUT2D eigenvalue weighted by Gasteiger charge is -2.23. The Morgan fingerprint density at radius 3 is 2.33 bits per heavy atom. The first-order valence-corrected chi connectivity index (χ1v) is 7.47. The third-order valence-electron chi connectivity index (χ3n) is 3.37. The molecule has 1 heterocycles. The van der Waals surface area contributed by atoms with Crippen molar-refractivity contribution in [1.82, 2.24) is 14.3 Å². The van der Waals surface area contributed by atoms with E-state index in [4.69, 9.17) is 0 Å². The molecule has 18 heavy (non-hydrogen) atoms. The largest absolute Gasteiger partial charge is 0.357 e. The Bertz CT molecular complexity index is 494. The van der Waals surface area contributed by atoms with E-state index in [0.717, 1.165) is 25.7 Å². The summed E-state index contributed by atoms with van der Waals surface area (Å²) in [6.45, 7) is 0. The number of hydrogen-bond acceptors (Lipinski definition) is 5. The number of aromatic nitrogens is 2. The van der Waals surface area contributed by atoms with E-state index in [-0.39, 0.29) is 10.9 Å². The zero-order valence-electron chi connectivity index (χ0n) is 10.6. The van der Waals surface area contributed by atoms with E-state index in [0.29, 0.717) is 5.95 Å². The summed E-state index contributed by atoms with van der Waals surface area (Å²) in [6.07, 6.45) is 6.76. The molecule has 0 radical (unpaired) electrons. The molecule has 1 saturated carbocycles. The summed E-state index contributed by atoms with van der Waals surface area (Å²) in [6, 6.07) is 0.110. The molecule has 0 aliphatic heterocycles. The summed E-state index contributed by atoms with van der Waals surface area (Å²) in [5.41, 5.74) is 0. The summed E-state index contributed by atoms with van der Waals surface area (Å²) in [4.78, 5) is 8.04. The van der Waals surface area contributed by atoms with Crippen molar-refractivity contribution >= 4 is 16.0 Å². The van der Waals surface area contributed by atoms with Gasteiger partial charge in [-0.05, 0) is 12.8 Å². The third kappa shape index (κ3) is 2.46. The first-order chi connectivity index (χ1) is 8.55. The molecule has 100 valence electrons. The standard InChI is InChI=1S/C11H18N4O2S/c1-12-11-13-7-10(8-14-11)18(16,17)15(2)9-5-3-4-6-9/h7-9H,3-6H2,1-2H3,(H,12,13,14). The molecule has 0 bridgehead atoms. The highest BCUT2D eigenvalue weighted by Gasteiger charge is 2.30. The second-order valence-electron chi connectivity index (χ2n) is 4.45. The van der Waals surface area contributed by atoms with Gasteiger partial charge in [-0.1, -0.05) is 12.8 Å². The van der Waals surface area contributed by atoms with E-state index in [2.05, 4.69) is 15.3 Å². The van der Waals surface area contributed by atoms with E-state index in [1.165, 1.54) is 16.7 Å². The van der Waals surface area contributed by atoms with Crippen molar-refractivity contribution in [1.29, 1.82) is 0 Å². The van der Waals surface area contributed by atoms with Crippen LogP contribution < -0.4 is 5.32 Å². The Kier molecular flexibility index (Phi) is 3.82. The van der Waals surface area contributed by atoms with Crippen LogP contribution in [-0.2, 0) is 10.0 Å². The fourth-order valence-electron chi connectivity index (χ4n) is 2.21. The molecule has 2 rings (SSSR count). The smallest absolute Gasteiger partial charge is 0.246 e. The quantitative estimate of drug-likeness (QED) is 0.886. The minimum atomic E-state index is -3.47. The van der Waals surface area contributed by atoms with Gasteiger partial charge >= 0.3 is 0 Å². The molecule has 1 aromatic rings. The Morgan fingerprint density at radius 2 is 1.83 bits per heavy atom. The van der Waals surface area contributed by atoms with Gasteiger partial charge in [0.2, 0.25) is 16.0 Å². The third-order valence-corrected chi connectivity index (χ3v) is 5.23. The van der Waals surface area contributed by atoms with Gasteiger partial charge in [-0.2, -0.15) is 4.31 Å². The van der Waals surface area contributed by atoms with Crippen LogP contribution in [0.15, 0.2) is 17.3 Å². The predicted molar refractivity (Wildman–Crippen MR) is 68.8 cm³/mol. The van der Waals surface area contributed by atoms with Gasteiger partial charge in [0.05, 0.1) is 12.4 Å². The lowest BCUT2D eigenvalue weighted by molar-refractivity contribution is 0.372. The summed E-state index contributed by atoms with van der Waals surface area (Å²) >= 11 is 0. The minimum Gasteiger partial charge on any atom is -0.357 e. The first kappa shape index (κ1) is 13.2. The van der Waals surface area contributed by atoms with Gasteiger partial charge in [0.1, 0.15) is 4.90 Å². The highest BCUT2D eigenvalue weighted by molar-refractivity contribution is 7.89. The number of rotatable bonds is 4. The zero-order chi connectivity index (χ0) is 13.2. The number of anilines is 1. The fourth-order valence-corrected chi connectivity index (χ4v) is 3.52. The maximum Gasteiger partial charge on any atom is 0.246 e. The number of nitrogens with zero attached hydrogens (tertiary/aromatic N) is 3. The Hall–Kier alpha value is -1.21. The van der Waals surface area contributed by atoms with E-state index in [1.807, 2.05) is 0 Å². The summed E-state index contributed by atoms with van der Waals surface area (Å²) in [5, 5.41) is 2.76. The van der Waals surface area contributed by atoms with Crippen molar-refractivity contribution < 1.29 is 8.42 Å². The molecule has 0 amide bonds. The molecule has 6 nitrogen and oxygen atoms in total. The van der Waals surface area contributed by atoms with Gasteiger partial charge in [-0.25, -0.2) is 18.4 Å². The molecule has 1 N–H and O–H groups in total. The Labute approximate surface area is 107 Å². The maximum atomic E-state index is 12.3. The summed E-state index contributed by atoms with van der Waals surface area (Å²) < 4.78 is 26.1.